The Morgan fingerprint density at radius 1 is 1.00 bits per heavy atom. The van der Waals surface area contributed by atoms with Gasteiger partial charge >= 0.3 is 0 Å². The Balaban J connectivity index is 2.40. The first-order valence-corrected chi connectivity index (χ1v) is 7.51. The van der Waals surface area contributed by atoms with Crippen molar-refractivity contribution >= 4 is 11.8 Å². The maximum absolute atomic E-state index is 5.88. The lowest BCUT2D eigenvalue weighted by atomic mass is 10.4. The molecule has 2 nitrogen and oxygen atoms in total. The minimum atomic E-state index is 0.151. The lowest BCUT2D eigenvalue weighted by Crippen LogP contribution is -2.27. The van der Waals surface area contributed by atoms with Crippen LogP contribution in [0.1, 0.15) is 27.7 Å². The molecule has 0 bridgehead atoms. The minimum absolute atomic E-state index is 0.151. The van der Waals surface area contributed by atoms with Crippen LogP contribution < -0.4 is 0 Å². The van der Waals surface area contributed by atoms with Gasteiger partial charge in [0.2, 0.25) is 0 Å². The molecule has 1 rings (SSSR count). The van der Waals surface area contributed by atoms with E-state index in [4.69, 9.17) is 9.47 Å². The Labute approximate surface area is 115 Å². The van der Waals surface area contributed by atoms with Gasteiger partial charge in [-0.05, 0) is 39.8 Å². The smallest absolute Gasteiger partial charge is 0.0905 e. The van der Waals surface area contributed by atoms with Crippen LogP contribution in [-0.4, -0.2) is 30.7 Å². The lowest BCUT2D eigenvalue weighted by molar-refractivity contribution is -0.0472. The standard InChI is InChI=1S/C15H24O2S/c1-12(2)16-10-14(17-13(3)4)11-18-15-8-6-5-7-9-15/h5-9,12-14H,10-11H2,1-4H3. The second kappa shape index (κ2) is 8.57. The van der Waals surface area contributed by atoms with Crippen molar-refractivity contribution in [1.29, 1.82) is 0 Å². The molecular formula is C15H24O2S. The summed E-state index contributed by atoms with van der Waals surface area (Å²) in [5.74, 6) is 0.926. The normalized spacial score (nSPS) is 13.2. The maximum atomic E-state index is 5.88. The van der Waals surface area contributed by atoms with Gasteiger partial charge in [-0.1, -0.05) is 18.2 Å². The molecule has 18 heavy (non-hydrogen) atoms. The summed E-state index contributed by atoms with van der Waals surface area (Å²) in [6.07, 6.45) is 0.643. The van der Waals surface area contributed by atoms with Crippen molar-refractivity contribution in [3.8, 4) is 0 Å². The highest BCUT2D eigenvalue weighted by Gasteiger charge is 2.13. The molecule has 0 heterocycles. The van der Waals surface area contributed by atoms with E-state index in [0.29, 0.717) is 6.61 Å². The quantitative estimate of drug-likeness (QED) is 0.664. The summed E-state index contributed by atoms with van der Waals surface area (Å²) in [4.78, 5) is 1.28. The van der Waals surface area contributed by atoms with Gasteiger partial charge in [0, 0.05) is 10.6 Å². The number of hydrogen-bond donors (Lipinski definition) is 0. The van der Waals surface area contributed by atoms with Crippen molar-refractivity contribution < 1.29 is 9.47 Å². The van der Waals surface area contributed by atoms with Crippen LogP contribution in [-0.2, 0) is 9.47 Å². The van der Waals surface area contributed by atoms with Crippen LogP contribution in [0.3, 0.4) is 0 Å². The first-order valence-electron chi connectivity index (χ1n) is 6.53. The van der Waals surface area contributed by atoms with E-state index >= 15 is 0 Å². The number of benzene rings is 1. The Morgan fingerprint density at radius 3 is 2.22 bits per heavy atom. The molecule has 0 aromatic heterocycles. The SMILES string of the molecule is CC(C)OCC(CSc1ccccc1)OC(C)C. The molecule has 0 aliphatic rings. The van der Waals surface area contributed by atoms with Crippen molar-refractivity contribution in [1.82, 2.24) is 0 Å². The van der Waals surface area contributed by atoms with Crippen LogP contribution in [0.5, 0.6) is 0 Å². The molecule has 102 valence electrons. The molecule has 0 aliphatic carbocycles. The number of ether oxygens (including phenoxy) is 2. The van der Waals surface area contributed by atoms with Gasteiger partial charge in [0.15, 0.2) is 0 Å². The van der Waals surface area contributed by atoms with Crippen LogP contribution in [0.15, 0.2) is 35.2 Å². The fraction of sp³-hybridized carbons (Fsp3) is 0.600. The molecule has 0 N–H and O–H groups in total. The van der Waals surface area contributed by atoms with Crippen molar-refractivity contribution in [2.24, 2.45) is 0 Å². The summed E-state index contributed by atoms with van der Waals surface area (Å²) in [6.45, 7) is 8.90. The summed E-state index contributed by atoms with van der Waals surface area (Å²) >= 11 is 1.82. The van der Waals surface area contributed by atoms with Crippen LogP contribution in [0, 0.1) is 0 Å². The number of thioether (sulfide) groups is 1. The van der Waals surface area contributed by atoms with Crippen molar-refractivity contribution in [2.45, 2.75) is 50.9 Å². The van der Waals surface area contributed by atoms with E-state index < -0.39 is 0 Å². The average Bonchev–Trinajstić information content (AvgIpc) is 2.33. The zero-order valence-electron chi connectivity index (χ0n) is 11.8. The molecule has 1 aromatic carbocycles. The summed E-state index contributed by atoms with van der Waals surface area (Å²) in [7, 11) is 0. The Bertz CT molecular complexity index is 312. The molecule has 0 saturated heterocycles. The molecule has 0 saturated carbocycles. The Morgan fingerprint density at radius 2 is 1.67 bits per heavy atom. The summed E-state index contributed by atoms with van der Waals surface area (Å²) in [5, 5.41) is 0. The van der Waals surface area contributed by atoms with Gasteiger partial charge in [-0.2, -0.15) is 0 Å². The topological polar surface area (TPSA) is 18.5 Å². The Hall–Kier alpha value is -0.510. The van der Waals surface area contributed by atoms with Gasteiger partial charge < -0.3 is 9.47 Å². The predicted octanol–water partition coefficient (Wildman–Crippen LogP) is 4.00. The molecule has 0 spiro atoms. The van der Waals surface area contributed by atoms with Gasteiger partial charge in [0.05, 0.1) is 24.9 Å². The number of rotatable bonds is 8. The van der Waals surface area contributed by atoms with Gasteiger partial charge in [-0.3, -0.25) is 0 Å². The molecule has 0 aliphatic heterocycles. The largest absolute Gasteiger partial charge is 0.376 e. The highest BCUT2D eigenvalue weighted by molar-refractivity contribution is 7.99. The first-order chi connectivity index (χ1) is 8.58. The predicted molar refractivity (Wildman–Crippen MR) is 78.3 cm³/mol. The molecule has 1 aromatic rings. The van der Waals surface area contributed by atoms with E-state index in [-0.39, 0.29) is 18.3 Å². The third kappa shape index (κ3) is 7.04. The lowest BCUT2D eigenvalue weighted by Gasteiger charge is -2.21. The average molecular weight is 268 g/mol. The first kappa shape index (κ1) is 15.5. The van der Waals surface area contributed by atoms with E-state index in [1.54, 1.807) is 0 Å². The summed E-state index contributed by atoms with van der Waals surface area (Å²) in [5.41, 5.74) is 0. The molecule has 0 radical (unpaired) electrons. The fourth-order valence-electron chi connectivity index (χ4n) is 1.52. The summed E-state index contributed by atoms with van der Waals surface area (Å²) in [6, 6.07) is 10.4. The maximum Gasteiger partial charge on any atom is 0.0905 e. The number of hydrogen-bond acceptors (Lipinski definition) is 3. The van der Waals surface area contributed by atoms with Crippen LogP contribution in [0.2, 0.25) is 0 Å². The van der Waals surface area contributed by atoms with E-state index in [0.717, 1.165) is 5.75 Å². The van der Waals surface area contributed by atoms with E-state index in [9.17, 15) is 0 Å². The van der Waals surface area contributed by atoms with Crippen LogP contribution >= 0.6 is 11.8 Å². The van der Waals surface area contributed by atoms with E-state index in [1.165, 1.54) is 4.90 Å². The molecule has 3 heteroatoms. The zero-order valence-corrected chi connectivity index (χ0v) is 12.6. The molecule has 0 fully saturated rings. The highest BCUT2D eigenvalue weighted by Crippen LogP contribution is 2.19. The second-order valence-corrected chi connectivity index (χ2v) is 5.91. The van der Waals surface area contributed by atoms with Gasteiger partial charge in [-0.15, -0.1) is 11.8 Å². The van der Waals surface area contributed by atoms with Gasteiger partial charge in [0.1, 0.15) is 0 Å². The van der Waals surface area contributed by atoms with E-state index in [1.807, 2.05) is 17.8 Å². The zero-order chi connectivity index (χ0) is 13.4. The third-order valence-electron chi connectivity index (χ3n) is 2.26. The highest BCUT2D eigenvalue weighted by atomic mass is 32.2. The molecule has 0 amide bonds. The van der Waals surface area contributed by atoms with Crippen molar-refractivity contribution in [2.75, 3.05) is 12.4 Å². The summed E-state index contributed by atoms with van der Waals surface area (Å²) < 4.78 is 11.5. The van der Waals surface area contributed by atoms with Crippen LogP contribution in [0.25, 0.3) is 0 Å². The monoisotopic (exact) mass is 268 g/mol. The molecular weight excluding hydrogens is 244 g/mol. The minimum Gasteiger partial charge on any atom is -0.376 e. The Kier molecular flexibility index (Phi) is 7.40. The second-order valence-electron chi connectivity index (χ2n) is 4.81. The molecule has 1 atom stereocenters. The van der Waals surface area contributed by atoms with Crippen LogP contribution in [0.4, 0.5) is 0 Å². The van der Waals surface area contributed by atoms with E-state index in [2.05, 4.69) is 52.0 Å². The van der Waals surface area contributed by atoms with Crippen molar-refractivity contribution in [3.63, 3.8) is 0 Å². The fourth-order valence-corrected chi connectivity index (χ4v) is 2.42. The van der Waals surface area contributed by atoms with Gasteiger partial charge in [-0.25, -0.2) is 0 Å². The van der Waals surface area contributed by atoms with Gasteiger partial charge in [0.25, 0.3) is 0 Å². The third-order valence-corrected chi connectivity index (χ3v) is 3.40. The van der Waals surface area contributed by atoms with Crippen molar-refractivity contribution in [3.05, 3.63) is 30.3 Å². The molecule has 1 unspecified atom stereocenters.